The van der Waals surface area contributed by atoms with Gasteiger partial charge in [-0.1, -0.05) is 12.1 Å². The molecule has 0 bridgehead atoms. The SMILES string of the molecule is CNC(=O)c1cccc(NC(=O)C2CCN(c3ccc(C)c(C)c3)C2=O)c1C. The van der Waals surface area contributed by atoms with Crippen LogP contribution < -0.4 is 15.5 Å². The van der Waals surface area contributed by atoms with Crippen molar-refractivity contribution in [3.63, 3.8) is 0 Å². The molecule has 1 aliphatic heterocycles. The summed E-state index contributed by atoms with van der Waals surface area (Å²) in [6.07, 6.45) is 0.464. The summed E-state index contributed by atoms with van der Waals surface area (Å²) in [7, 11) is 1.56. The first-order chi connectivity index (χ1) is 13.3. The summed E-state index contributed by atoms with van der Waals surface area (Å²) in [5, 5.41) is 5.41. The highest BCUT2D eigenvalue weighted by Crippen LogP contribution is 2.28. The standard InChI is InChI=1S/C22H25N3O3/c1-13-8-9-16(12-14(13)2)25-11-10-18(22(25)28)21(27)24-19-7-5-6-17(15(19)3)20(26)23-4/h5-9,12,18H,10-11H2,1-4H3,(H,23,26)(H,24,27). The fourth-order valence-electron chi connectivity index (χ4n) is 3.44. The summed E-state index contributed by atoms with van der Waals surface area (Å²) in [4.78, 5) is 39.2. The van der Waals surface area contributed by atoms with Crippen LogP contribution in [0.4, 0.5) is 11.4 Å². The van der Waals surface area contributed by atoms with Gasteiger partial charge >= 0.3 is 0 Å². The molecule has 28 heavy (non-hydrogen) atoms. The monoisotopic (exact) mass is 379 g/mol. The number of carbonyl (C=O) groups excluding carboxylic acids is 3. The van der Waals surface area contributed by atoms with Crippen LogP contribution >= 0.6 is 0 Å². The molecule has 1 atom stereocenters. The van der Waals surface area contributed by atoms with Crippen molar-refractivity contribution in [2.24, 2.45) is 5.92 Å². The van der Waals surface area contributed by atoms with Crippen molar-refractivity contribution in [1.82, 2.24) is 5.32 Å². The molecule has 6 nitrogen and oxygen atoms in total. The highest BCUT2D eigenvalue weighted by atomic mass is 16.2. The Morgan fingerprint density at radius 3 is 2.50 bits per heavy atom. The molecule has 0 spiro atoms. The van der Waals surface area contributed by atoms with Gasteiger partial charge in [0.15, 0.2) is 0 Å². The number of aryl methyl sites for hydroxylation is 2. The Bertz CT molecular complexity index is 952. The second kappa shape index (κ2) is 7.84. The van der Waals surface area contributed by atoms with Crippen LogP contribution in [0.3, 0.4) is 0 Å². The van der Waals surface area contributed by atoms with Crippen LogP contribution in [-0.2, 0) is 9.59 Å². The van der Waals surface area contributed by atoms with Gasteiger partial charge in [-0.2, -0.15) is 0 Å². The molecular weight excluding hydrogens is 354 g/mol. The minimum Gasteiger partial charge on any atom is -0.355 e. The number of nitrogens with zero attached hydrogens (tertiary/aromatic N) is 1. The van der Waals surface area contributed by atoms with E-state index in [9.17, 15) is 14.4 Å². The fourth-order valence-corrected chi connectivity index (χ4v) is 3.44. The van der Waals surface area contributed by atoms with Crippen molar-refractivity contribution >= 4 is 29.1 Å². The predicted molar refractivity (Wildman–Crippen MR) is 110 cm³/mol. The summed E-state index contributed by atoms with van der Waals surface area (Å²) in [5.41, 5.74) is 4.81. The van der Waals surface area contributed by atoms with E-state index < -0.39 is 5.92 Å². The highest BCUT2D eigenvalue weighted by Gasteiger charge is 2.37. The van der Waals surface area contributed by atoms with E-state index >= 15 is 0 Å². The molecule has 3 amide bonds. The maximum atomic E-state index is 12.8. The molecule has 2 aromatic carbocycles. The molecule has 1 fully saturated rings. The van der Waals surface area contributed by atoms with Crippen LogP contribution in [0, 0.1) is 26.7 Å². The maximum absolute atomic E-state index is 12.8. The molecule has 0 saturated carbocycles. The third kappa shape index (κ3) is 3.63. The number of rotatable bonds is 4. The van der Waals surface area contributed by atoms with Crippen molar-refractivity contribution in [3.05, 3.63) is 58.7 Å². The number of amides is 3. The Morgan fingerprint density at radius 2 is 1.82 bits per heavy atom. The molecule has 0 aliphatic carbocycles. The molecule has 0 aromatic heterocycles. The smallest absolute Gasteiger partial charge is 0.251 e. The molecule has 6 heteroatoms. The fraction of sp³-hybridized carbons (Fsp3) is 0.318. The van der Waals surface area contributed by atoms with Crippen molar-refractivity contribution in [3.8, 4) is 0 Å². The Hall–Kier alpha value is -3.15. The molecule has 1 saturated heterocycles. The van der Waals surface area contributed by atoms with Gasteiger partial charge in [-0.25, -0.2) is 0 Å². The third-order valence-electron chi connectivity index (χ3n) is 5.39. The lowest BCUT2D eigenvalue weighted by molar-refractivity contribution is -0.129. The summed E-state index contributed by atoms with van der Waals surface area (Å²) in [6.45, 7) is 6.32. The van der Waals surface area contributed by atoms with Gasteiger partial charge in [0.25, 0.3) is 5.91 Å². The van der Waals surface area contributed by atoms with Crippen LogP contribution in [-0.4, -0.2) is 31.3 Å². The van der Waals surface area contributed by atoms with Crippen LogP contribution in [0.2, 0.25) is 0 Å². The van der Waals surface area contributed by atoms with Crippen molar-refractivity contribution in [2.75, 3.05) is 23.8 Å². The van der Waals surface area contributed by atoms with Gasteiger partial charge in [0.2, 0.25) is 11.8 Å². The van der Waals surface area contributed by atoms with E-state index in [1.165, 1.54) is 0 Å². The average molecular weight is 379 g/mol. The summed E-state index contributed by atoms with van der Waals surface area (Å²) in [6, 6.07) is 11.0. The lowest BCUT2D eigenvalue weighted by atomic mass is 10.0. The minimum atomic E-state index is -0.732. The van der Waals surface area contributed by atoms with E-state index in [1.54, 1.807) is 37.1 Å². The second-order valence-corrected chi connectivity index (χ2v) is 7.15. The molecule has 2 N–H and O–H groups in total. The number of carbonyl (C=O) groups is 3. The summed E-state index contributed by atoms with van der Waals surface area (Å²) >= 11 is 0. The molecule has 0 radical (unpaired) electrons. The molecule has 1 heterocycles. The molecular formula is C22H25N3O3. The lowest BCUT2D eigenvalue weighted by Gasteiger charge is -2.18. The maximum Gasteiger partial charge on any atom is 0.251 e. The minimum absolute atomic E-state index is 0.194. The summed E-state index contributed by atoms with van der Waals surface area (Å²) < 4.78 is 0. The second-order valence-electron chi connectivity index (χ2n) is 7.15. The van der Waals surface area contributed by atoms with Crippen LogP contribution in [0.1, 0.15) is 33.5 Å². The number of hydrogen-bond donors (Lipinski definition) is 2. The van der Waals surface area contributed by atoms with Gasteiger partial charge in [-0.15, -0.1) is 0 Å². The average Bonchev–Trinajstić information content (AvgIpc) is 3.06. The highest BCUT2D eigenvalue weighted by molar-refractivity contribution is 6.13. The van der Waals surface area contributed by atoms with Gasteiger partial charge in [0.1, 0.15) is 5.92 Å². The predicted octanol–water partition coefficient (Wildman–Crippen LogP) is 2.96. The van der Waals surface area contributed by atoms with Crippen molar-refractivity contribution in [1.29, 1.82) is 0 Å². The van der Waals surface area contributed by atoms with E-state index in [4.69, 9.17) is 0 Å². The first-order valence-electron chi connectivity index (χ1n) is 9.34. The zero-order valence-corrected chi connectivity index (χ0v) is 16.6. The van der Waals surface area contributed by atoms with E-state index in [0.29, 0.717) is 29.8 Å². The Labute approximate surface area is 164 Å². The van der Waals surface area contributed by atoms with Crippen LogP contribution in [0.15, 0.2) is 36.4 Å². The molecule has 1 aliphatic rings. The van der Waals surface area contributed by atoms with E-state index in [0.717, 1.165) is 16.8 Å². The number of anilines is 2. The molecule has 2 aromatic rings. The van der Waals surface area contributed by atoms with Crippen LogP contribution in [0.5, 0.6) is 0 Å². The van der Waals surface area contributed by atoms with Gasteiger partial charge in [0.05, 0.1) is 0 Å². The Kier molecular flexibility index (Phi) is 5.49. The van der Waals surface area contributed by atoms with Gasteiger partial charge in [0, 0.05) is 30.5 Å². The van der Waals surface area contributed by atoms with E-state index in [-0.39, 0.29) is 17.7 Å². The zero-order valence-electron chi connectivity index (χ0n) is 16.6. The summed E-state index contributed by atoms with van der Waals surface area (Å²) in [5.74, 6) is -1.48. The van der Waals surface area contributed by atoms with E-state index in [1.807, 2.05) is 32.0 Å². The van der Waals surface area contributed by atoms with Gasteiger partial charge in [-0.05, 0) is 68.1 Å². The number of hydrogen-bond acceptors (Lipinski definition) is 3. The molecule has 1 unspecified atom stereocenters. The third-order valence-corrected chi connectivity index (χ3v) is 5.39. The lowest BCUT2D eigenvalue weighted by Crippen LogP contribution is -2.33. The van der Waals surface area contributed by atoms with Crippen molar-refractivity contribution < 1.29 is 14.4 Å². The molecule has 146 valence electrons. The Balaban J connectivity index is 1.76. The first kappa shape index (κ1) is 19.6. The van der Waals surface area contributed by atoms with Gasteiger partial charge in [-0.3, -0.25) is 14.4 Å². The number of nitrogens with one attached hydrogen (secondary N) is 2. The van der Waals surface area contributed by atoms with Gasteiger partial charge < -0.3 is 15.5 Å². The largest absolute Gasteiger partial charge is 0.355 e. The normalized spacial score (nSPS) is 16.2. The van der Waals surface area contributed by atoms with Crippen molar-refractivity contribution in [2.45, 2.75) is 27.2 Å². The quantitative estimate of drug-likeness (QED) is 0.802. The Morgan fingerprint density at radius 1 is 1.07 bits per heavy atom. The van der Waals surface area contributed by atoms with Crippen LogP contribution in [0.25, 0.3) is 0 Å². The first-order valence-corrected chi connectivity index (χ1v) is 9.34. The number of benzene rings is 2. The zero-order chi connectivity index (χ0) is 20.4. The topological polar surface area (TPSA) is 78.5 Å². The van der Waals surface area contributed by atoms with E-state index in [2.05, 4.69) is 10.6 Å². The molecule has 3 rings (SSSR count).